The summed E-state index contributed by atoms with van der Waals surface area (Å²) in [5, 5.41) is 7.56. The number of carbonyl (C=O) groups excluding carboxylic acids is 4. The van der Waals surface area contributed by atoms with Gasteiger partial charge in [-0.3, -0.25) is 24.2 Å². The average molecular weight is 484 g/mol. The van der Waals surface area contributed by atoms with Crippen molar-refractivity contribution in [2.45, 2.75) is 39.7 Å². The highest BCUT2D eigenvalue weighted by Gasteiger charge is 2.19. The molecule has 9 nitrogen and oxygen atoms in total. The normalized spacial score (nSPS) is 12.2. The van der Waals surface area contributed by atoms with E-state index in [0.29, 0.717) is 4.88 Å². The van der Waals surface area contributed by atoms with Gasteiger partial charge in [0.25, 0.3) is 0 Å². The number of Topliss-reactive ketones (excluding diaryl/α,β-unsaturated/α-hetero) is 2. The number of hydrogen-bond donors (Lipinski definition) is 1. The Bertz CT molecular complexity index is 996. The summed E-state index contributed by atoms with van der Waals surface area (Å²) < 4.78 is 5.03. The van der Waals surface area contributed by atoms with Crippen molar-refractivity contribution in [2.75, 3.05) is 6.54 Å². The van der Waals surface area contributed by atoms with Crippen LogP contribution in [0, 0.1) is 0 Å². The third kappa shape index (κ3) is 6.86. The first kappa shape index (κ1) is 25.5. The SMILES string of the molecule is CC(=O)OOOc1ccc(C(=O)CCC(=O)c2cc3c(s2)CCNC3)cc1OC(C)=O.Cl. The molecule has 2 heterocycles. The van der Waals surface area contributed by atoms with Crippen molar-refractivity contribution < 1.29 is 38.7 Å². The largest absolute Gasteiger partial charge is 0.423 e. The van der Waals surface area contributed by atoms with Crippen LogP contribution in [0.15, 0.2) is 24.3 Å². The Balaban J connectivity index is 0.00000363. The van der Waals surface area contributed by atoms with E-state index in [1.54, 1.807) is 0 Å². The molecular weight excluding hydrogens is 462 g/mol. The number of halogens is 1. The summed E-state index contributed by atoms with van der Waals surface area (Å²) in [4.78, 5) is 58.1. The van der Waals surface area contributed by atoms with Gasteiger partial charge in [0.05, 0.1) is 4.88 Å². The highest BCUT2D eigenvalue weighted by atomic mass is 35.5. The molecule has 0 bridgehead atoms. The molecule has 3 rings (SSSR count). The van der Waals surface area contributed by atoms with E-state index in [0.717, 1.165) is 32.0 Å². The van der Waals surface area contributed by atoms with Crippen LogP contribution >= 0.6 is 23.7 Å². The number of carbonyl (C=O) groups is 4. The minimum atomic E-state index is -0.742. The second kappa shape index (κ2) is 11.7. The lowest BCUT2D eigenvalue weighted by Gasteiger charge is -2.10. The lowest BCUT2D eigenvalue weighted by Crippen LogP contribution is -2.21. The molecule has 0 aliphatic carbocycles. The number of rotatable bonds is 9. The summed E-state index contributed by atoms with van der Waals surface area (Å²) in [6, 6.07) is 5.96. The Kier molecular flexibility index (Phi) is 9.33. The van der Waals surface area contributed by atoms with E-state index in [4.69, 9.17) is 9.62 Å². The summed E-state index contributed by atoms with van der Waals surface area (Å²) in [5.74, 6) is -1.92. The van der Waals surface area contributed by atoms with Gasteiger partial charge in [0.1, 0.15) is 0 Å². The van der Waals surface area contributed by atoms with Gasteiger partial charge < -0.3 is 10.1 Å². The number of thiophene rings is 1. The lowest BCUT2D eigenvalue weighted by molar-refractivity contribution is -0.436. The van der Waals surface area contributed by atoms with Crippen LogP contribution in [0.5, 0.6) is 11.5 Å². The molecule has 1 aliphatic rings. The fourth-order valence-electron chi connectivity index (χ4n) is 2.97. The Morgan fingerprint density at radius 1 is 1.00 bits per heavy atom. The Morgan fingerprint density at radius 3 is 2.44 bits per heavy atom. The van der Waals surface area contributed by atoms with Crippen LogP contribution in [0.3, 0.4) is 0 Å². The molecule has 32 heavy (non-hydrogen) atoms. The van der Waals surface area contributed by atoms with E-state index in [2.05, 4.69) is 15.2 Å². The van der Waals surface area contributed by atoms with Gasteiger partial charge in [-0.25, -0.2) is 4.79 Å². The van der Waals surface area contributed by atoms with Gasteiger partial charge in [-0.2, -0.15) is 0 Å². The topological polar surface area (TPSA) is 117 Å². The van der Waals surface area contributed by atoms with E-state index < -0.39 is 11.9 Å². The number of fused-ring (bicyclic) bond motifs is 1. The van der Waals surface area contributed by atoms with Gasteiger partial charge in [-0.1, -0.05) is 0 Å². The van der Waals surface area contributed by atoms with Crippen LogP contribution in [0.4, 0.5) is 0 Å². The summed E-state index contributed by atoms with van der Waals surface area (Å²) >= 11 is 1.49. The van der Waals surface area contributed by atoms with Crippen LogP contribution in [-0.2, 0) is 32.5 Å². The zero-order valence-electron chi connectivity index (χ0n) is 17.4. The quantitative estimate of drug-likeness (QED) is 0.188. The molecule has 0 saturated carbocycles. The molecule has 0 saturated heterocycles. The van der Waals surface area contributed by atoms with Crippen molar-refractivity contribution in [3.63, 3.8) is 0 Å². The Labute approximate surface area is 194 Å². The molecule has 0 fully saturated rings. The van der Waals surface area contributed by atoms with Crippen LogP contribution in [-0.4, -0.2) is 30.0 Å². The van der Waals surface area contributed by atoms with Crippen molar-refractivity contribution in [3.8, 4) is 11.5 Å². The molecule has 0 spiro atoms. The smallest absolute Gasteiger partial charge is 0.343 e. The van der Waals surface area contributed by atoms with E-state index in [1.807, 2.05) is 6.07 Å². The van der Waals surface area contributed by atoms with Crippen molar-refractivity contribution in [2.24, 2.45) is 0 Å². The zero-order valence-corrected chi connectivity index (χ0v) is 19.1. The summed E-state index contributed by atoms with van der Waals surface area (Å²) in [5.41, 5.74) is 1.38. The standard InChI is InChI=1S/C21H21NO8S.ClH/c1-12(23)27-19-9-14(3-6-18(19)29-30-28-13(2)24)16(25)4-5-17(26)21-10-15-11-22-8-7-20(15)31-21;/h3,6,9-10,22H,4-5,7-8,11H2,1-2H3;1H. The summed E-state index contributed by atoms with van der Waals surface area (Å²) in [7, 11) is 0. The predicted octanol–water partition coefficient (Wildman–Crippen LogP) is 3.38. The maximum atomic E-state index is 12.6. The first-order chi connectivity index (χ1) is 14.8. The molecule has 172 valence electrons. The number of ketones is 2. The van der Waals surface area contributed by atoms with E-state index in [1.165, 1.54) is 41.3 Å². The maximum absolute atomic E-state index is 12.6. The minimum Gasteiger partial charge on any atom is -0.423 e. The van der Waals surface area contributed by atoms with Gasteiger partial charge >= 0.3 is 11.9 Å². The highest BCUT2D eigenvalue weighted by Crippen LogP contribution is 2.30. The molecule has 1 aliphatic heterocycles. The molecule has 0 unspecified atom stereocenters. The number of ether oxygens (including phenoxy) is 1. The second-order valence-corrected chi connectivity index (χ2v) is 7.95. The third-order valence-corrected chi connectivity index (χ3v) is 5.67. The van der Waals surface area contributed by atoms with Crippen molar-refractivity contribution in [1.29, 1.82) is 0 Å². The van der Waals surface area contributed by atoms with Gasteiger partial charge in [0, 0.05) is 55.3 Å². The molecule has 1 aromatic heterocycles. The fraction of sp³-hybridized carbons (Fsp3) is 0.333. The molecular formula is C21H22ClNO8S. The Morgan fingerprint density at radius 2 is 1.75 bits per heavy atom. The summed E-state index contributed by atoms with van der Waals surface area (Å²) in [6.45, 7) is 3.95. The van der Waals surface area contributed by atoms with Crippen LogP contribution in [0.1, 0.15) is 57.2 Å². The maximum Gasteiger partial charge on any atom is 0.343 e. The first-order valence-corrected chi connectivity index (χ1v) is 10.4. The van der Waals surface area contributed by atoms with Gasteiger partial charge in [-0.15, -0.1) is 23.7 Å². The molecule has 1 N–H and O–H groups in total. The predicted molar refractivity (Wildman–Crippen MR) is 116 cm³/mol. The first-order valence-electron chi connectivity index (χ1n) is 9.56. The Hall–Kier alpha value is -2.79. The minimum absolute atomic E-state index is 0. The summed E-state index contributed by atoms with van der Waals surface area (Å²) in [6.07, 6.45) is 0.979. The number of esters is 1. The lowest BCUT2D eigenvalue weighted by atomic mass is 10.0. The molecule has 2 aromatic rings. The van der Waals surface area contributed by atoms with Gasteiger partial charge in [-0.05, 0) is 36.2 Å². The molecule has 0 radical (unpaired) electrons. The molecule has 11 heteroatoms. The average Bonchev–Trinajstić information content (AvgIpc) is 3.16. The van der Waals surface area contributed by atoms with E-state index in [9.17, 15) is 19.2 Å². The second-order valence-electron chi connectivity index (χ2n) is 6.81. The van der Waals surface area contributed by atoms with Crippen molar-refractivity contribution in [3.05, 3.63) is 45.1 Å². The number of nitrogens with one attached hydrogen (secondary N) is 1. The molecule has 0 amide bonds. The van der Waals surface area contributed by atoms with Crippen molar-refractivity contribution in [1.82, 2.24) is 5.32 Å². The van der Waals surface area contributed by atoms with Crippen LogP contribution < -0.4 is 14.9 Å². The van der Waals surface area contributed by atoms with Crippen LogP contribution in [0.2, 0.25) is 0 Å². The molecule has 1 aromatic carbocycles. The van der Waals surface area contributed by atoms with Crippen LogP contribution in [0.25, 0.3) is 0 Å². The fourth-order valence-corrected chi connectivity index (χ4v) is 4.12. The zero-order chi connectivity index (χ0) is 22.4. The van der Waals surface area contributed by atoms with E-state index >= 15 is 0 Å². The van der Waals surface area contributed by atoms with Crippen molar-refractivity contribution >= 4 is 47.2 Å². The highest BCUT2D eigenvalue weighted by molar-refractivity contribution is 7.14. The van der Waals surface area contributed by atoms with Gasteiger partial charge in [0.2, 0.25) is 5.75 Å². The molecule has 0 atom stereocenters. The monoisotopic (exact) mass is 483 g/mol. The third-order valence-electron chi connectivity index (χ3n) is 4.39. The van der Waals surface area contributed by atoms with Gasteiger partial charge in [0.15, 0.2) is 17.3 Å². The number of benzene rings is 1. The van der Waals surface area contributed by atoms with E-state index in [-0.39, 0.29) is 53.9 Å². The number of hydrogen-bond acceptors (Lipinski definition) is 10.